The van der Waals surface area contributed by atoms with Crippen LogP contribution in [0.3, 0.4) is 0 Å². The van der Waals surface area contributed by atoms with E-state index in [1.807, 2.05) is 10.8 Å². The molecule has 0 aromatic carbocycles. The zero-order chi connectivity index (χ0) is 15.2. The van der Waals surface area contributed by atoms with Crippen molar-refractivity contribution in [1.82, 2.24) is 14.9 Å². The van der Waals surface area contributed by atoms with Gasteiger partial charge in [-0.3, -0.25) is 0 Å². The summed E-state index contributed by atoms with van der Waals surface area (Å²) < 4.78 is 7.12. The van der Waals surface area contributed by atoms with E-state index in [2.05, 4.69) is 10.3 Å². The van der Waals surface area contributed by atoms with Crippen LogP contribution in [0, 0.1) is 0 Å². The molecular weight excluding hydrogens is 278 g/mol. The quantitative estimate of drug-likeness (QED) is 0.838. The number of aliphatic hydroxyl groups excluding tert-OH is 1. The molecule has 1 aromatic rings. The fourth-order valence-corrected chi connectivity index (χ4v) is 2.04. The van der Waals surface area contributed by atoms with Crippen molar-refractivity contribution in [1.29, 1.82) is 0 Å². The maximum atomic E-state index is 11.8. The maximum absolute atomic E-state index is 11.8. The lowest BCUT2D eigenvalue weighted by Crippen LogP contribution is -2.37. The second-order valence-corrected chi connectivity index (χ2v) is 6.37. The van der Waals surface area contributed by atoms with E-state index in [0.29, 0.717) is 0 Å². The highest BCUT2D eigenvalue weighted by Crippen LogP contribution is 2.14. The molecule has 0 aliphatic rings. The molecular formula is C13H23N3O3S. The van der Waals surface area contributed by atoms with Crippen molar-refractivity contribution >= 4 is 17.9 Å². The van der Waals surface area contributed by atoms with E-state index in [9.17, 15) is 9.90 Å². The summed E-state index contributed by atoms with van der Waals surface area (Å²) in [6, 6.07) is -0.519. The second-order valence-electron chi connectivity index (χ2n) is 5.39. The normalized spacial score (nSPS) is 13.1. The van der Waals surface area contributed by atoms with E-state index >= 15 is 0 Å². The molecule has 1 aromatic heterocycles. The minimum atomic E-state index is -0.566. The Labute approximate surface area is 123 Å². The van der Waals surface area contributed by atoms with Gasteiger partial charge in [-0.15, -0.1) is 0 Å². The lowest BCUT2D eigenvalue weighted by atomic mass is 10.2. The summed E-state index contributed by atoms with van der Waals surface area (Å²) in [6.07, 6.45) is 4.83. The molecule has 0 radical (unpaired) electrons. The first-order valence-corrected chi connectivity index (χ1v) is 7.86. The van der Waals surface area contributed by atoms with Crippen LogP contribution in [0.25, 0.3) is 0 Å². The summed E-state index contributed by atoms with van der Waals surface area (Å²) in [6.45, 7) is 5.96. The molecule has 20 heavy (non-hydrogen) atoms. The van der Waals surface area contributed by atoms with Crippen LogP contribution >= 0.6 is 11.8 Å². The van der Waals surface area contributed by atoms with E-state index in [1.165, 1.54) is 0 Å². The molecule has 1 atom stereocenters. The fourth-order valence-electron chi connectivity index (χ4n) is 1.66. The van der Waals surface area contributed by atoms with Gasteiger partial charge in [-0.1, -0.05) is 0 Å². The van der Waals surface area contributed by atoms with Crippen LogP contribution in [-0.4, -0.2) is 45.0 Å². The number of thioether (sulfide) groups is 1. The molecule has 0 fully saturated rings. The van der Waals surface area contributed by atoms with E-state index in [1.54, 1.807) is 45.1 Å². The van der Waals surface area contributed by atoms with Crippen LogP contribution < -0.4 is 5.32 Å². The van der Waals surface area contributed by atoms with Crippen LogP contribution in [0.2, 0.25) is 0 Å². The standard InChI is InChI=1S/C13H23N3O3S/c1-13(2,3)19-12(18)15-10(8-17)11-7-14-9-16(11)5-6-20-4/h7,9-10,17H,5-6,8H2,1-4H3,(H,15,18). The third-order valence-electron chi connectivity index (χ3n) is 2.51. The van der Waals surface area contributed by atoms with Crippen molar-refractivity contribution in [2.45, 2.75) is 39.0 Å². The van der Waals surface area contributed by atoms with Crippen LogP contribution in [-0.2, 0) is 11.3 Å². The number of carbonyl (C=O) groups excluding carboxylic acids is 1. The summed E-state index contributed by atoms with van der Waals surface area (Å²) in [5, 5.41) is 12.1. The minimum absolute atomic E-state index is 0.204. The highest BCUT2D eigenvalue weighted by Gasteiger charge is 2.22. The Bertz CT molecular complexity index is 429. The second kappa shape index (κ2) is 7.54. The van der Waals surface area contributed by atoms with Crippen molar-refractivity contribution in [2.75, 3.05) is 18.6 Å². The molecule has 114 valence electrons. The lowest BCUT2D eigenvalue weighted by molar-refractivity contribution is 0.0479. The van der Waals surface area contributed by atoms with Crippen molar-refractivity contribution in [3.05, 3.63) is 18.2 Å². The Morgan fingerprint density at radius 1 is 1.60 bits per heavy atom. The zero-order valence-electron chi connectivity index (χ0n) is 12.4. The van der Waals surface area contributed by atoms with Crippen LogP contribution in [0.4, 0.5) is 4.79 Å². The molecule has 0 aliphatic heterocycles. The number of hydrogen-bond acceptors (Lipinski definition) is 5. The molecule has 1 amide bonds. The van der Waals surface area contributed by atoms with Gasteiger partial charge in [-0.2, -0.15) is 11.8 Å². The maximum Gasteiger partial charge on any atom is 0.408 e. The monoisotopic (exact) mass is 301 g/mol. The van der Waals surface area contributed by atoms with Crippen molar-refractivity contribution in [3.8, 4) is 0 Å². The van der Waals surface area contributed by atoms with Crippen LogP contribution in [0.1, 0.15) is 32.5 Å². The number of imidazole rings is 1. The van der Waals surface area contributed by atoms with Gasteiger partial charge in [0.05, 0.1) is 30.9 Å². The topological polar surface area (TPSA) is 76.4 Å². The highest BCUT2D eigenvalue weighted by atomic mass is 32.2. The summed E-state index contributed by atoms with van der Waals surface area (Å²) in [5.74, 6) is 0.938. The number of aromatic nitrogens is 2. The van der Waals surface area contributed by atoms with Crippen LogP contribution in [0.15, 0.2) is 12.5 Å². The van der Waals surface area contributed by atoms with Gasteiger partial charge in [0, 0.05) is 12.3 Å². The number of aryl methyl sites for hydroxylation is 1. The number of nitrogens with zero attached hydrogens (tertiary/aromatic N) is 2. The Hall–Kier alpha value is -1.21. The predicted octanol–water partition coefficient (Wildman–Crippen LogP) is 1.80. The number of aliphatic hydroxyl groups is 1. The van der Waals surface area contributed by atoms with Gasteiger partial charge >= 0.3 is 6.09 Å². The number of alkyl carbamates (subject to hydrolysis) is 1. The van der Waals surface area contributed by atoms with Crippen LogP contribution in [0.5, 0.6) is 0 Å². The van der Waals surface area contributed by atoms with E-state index in [-0.39, 0.29) is 6.61 Å². The molecule has 7 heteroatoms. The largest absolute Gasteiger partial charge is 0.444 e. The van der Waals surface area contributed by atoms with Gasteiger partial charge in [0.15, 0.2) is 0 Å². The molecule has 6 nitrogen and oxygen atoms in total. The van der Waals surface area contributed by atoms with E-state index < -0.39 is 17.7 Å². The van der Waals surface area contributed by atoms with Gasteiger partial charge < -0.3 is 19.7 Å². The third kappa shape index (κ3) is 5.42. The number of amides is 1. The highest BCUT2D eigenvalue weighted by molar-refractivity contribution is 7.98. The van der Waals surface area contributed by atoms with Crippen molar-refractivity contribution in [2.24, 2.45) is 0 Å². The first-order chi connectivity index (χ1) is 9.37. The molecule has 2 N–H and O–H groups in total. The first kappa shape index (κ1) is 16.8. The average Bonchev–Trinajstić information content (AvgIpc) is 2.79. The molecule has 0 bridgehead atoms. The lowest BCUT2D eigenvalue weighted by Gasteiger charge is -2.23. The SMILES string of the molecule is CSCCn1cncc1C(CO)NC(=O)OC(C)(C)C. The van der Waals surface area contributed by atoms with E-state index in [4.69, 9.17) is 4.74 Å². The van der Waals surface area contributed by atoms with Gasteiger partial charge in [0.2, 0.25) is 0 Å². The average molecular weight is 301 g/mol. The Kier molecular flexibility index (Phi) is 6.35. The van der Waals surface area contributed by atoms with Gasteiger partial charge in [-0.05, 0) is 27.0 Å². The minimum Gasteiger partial charge on any atom is -0.444 e. The summed E-state index contributed by atoms with van der Waals surface area (Å²) in [4.78, 5) is 15.8. The molecule has 0 aliphatic carbocycles. The third-order valence-corrected chi connectivity index (χ3v) is 3.10. The van der Waals surface area contributed by atoms with Crippen molar-refractivity contribution in [3.63, 3.8) is 0 Å². The molecule has 1 unspecified atom stereocenters. The Morgan fingerprint density at radius 3 is 2.85 bits per heavy atom. The van der Waals surface area contributed by atoms with Gasteiger partial charge in [-0.25, -0.2) is 9.78 Å². The molecule has 0 saturated carbocycles. The predicted molar refractivity (Wildman–Crippen MR) is 79.8 cm³/mol. The summed E-state index contributed by atoms with van der Waals surface area (Å²) >= 11 is 1.73. The van der Waals surface area contributed by atoms with Gasteiger partial charge in [0.1, 0.15) is 5.60 Å². The number of ether oxygens (including phenoxy) is 1. The summed E-state index contributed by atoms with van der Waals surface area (Å²) in [5.41, 5.74) is 0.204. The fraction of sp³-hybridized carbons (Fsp3) is 0.692. The molecule has 0 saturated heterocycles. The van der Waals surface area contributed by atoms with E-state index in [0.717, 1.165) is 18.0 Å². The Balaban J connectivity index is 2.71. The van der Waals surface area contributed by atoms with Gasteiger partial charge in [0.25, 0.3) is 0 Å². The molecule has 1 rings (SSSR count). The Morgan fingerprint density at radius 2 is 2.30 bits per heavy atom. The molecule has 1 heterocycles. The molecule has 0 spiro atoms. The number of nitrogens with one attached hydrogen (secondary N) is 1. The number of hydrogen-bond donors (Lipinski definition) is 2. The smallest absolute Gasteiger partial charge is 0.408 e. The summed E-state index contributed by atoms with van der Waals surface area (Å²) in [7, 11) is 0. The first-order valence-electron chi connectivity index (χ1n) is 6.46. The number of carbonyl (C=O) groups is 1. The zero-order valence-corrected chi connectivity index (χ0v) is 13.2. The number of rotatable bonds is 6. The van der Waals surface area contributed by atoms with Crippen molar-refractivity contribution < 1.29 is 14.6 Å².